The molecule has 0 amide bonds. The number of hydrogen-bond acceptors (Lipinski definition) is 6. The van der Waals surface area contributed by atoms with E-state index in [2.05, 4.69) is 0 Å². The Morgan fingerprint density at radius 3 is 2.18 bits per heavy atom. The van der Waals surface area contributed by atoms with Gasteiger partial charge in [-0.25, -0.2) is 0 Å². The zero-order valence-corrected chi connectivity index (χ0v) is 5.62. The Morgan fingerprint density at radius 2 is 2.00 bits per heavy atom. The minimum Gasteiger partial charge on any atom is -0.392 e. The van der Waals surface area contributed by atoms with Gasteiger partial charge in [-0.05, 0) is 0 Å². The maximum atomic E-state index is 9.30. The zero-order valence-electron chi connectivity index (χ0n) is 6.62. The maximum absolute atomic E-state index is 9.30. The largest absolute Gasteiger partial charge is 0.392 e. The summed E-state index contributed by atoms with van der Waals surface area (Å²) in [5.41, 5.74) is -2.29. The second-order valence-electron chi connectivity index (χ2n) is 2.51. The van der Waals surface area contributed by atoms with Crippen molar-refractivity contribution in [3.63, 3.8) is 0 Å². The Hall–Kier alpha value is -0.240. The van der Waals surface area contributed by atoms with Crippen molar-refractivity contribution in [1.82, 2.24) is 5.31 Å². The fourth-order valence-electron chi connectivity index (χ4n) is 0.953. The third kappa shape index (κ3) is 1.24. The summed E-state index contributed by atoms with van der Waals surface area (Å²) in [5, 5.41) is 45.1. The van der Waals surface area contributed by atoms with Gasteiger partial charge in [-0.2, -0.15) is 0 Å². The lowest BCUT2D eigenvalue weighted by Gasteiger charge is -2.23. The van der Waals surface area contributed by atoms with E-state index in [0.29, 0.717) is 0 Å². The van der Waals surface area contributed by atoms with Gasteiger partial charge in [0.15, 0.2) is 5.72 Å². The van der Waals surface area contributed by atoms with Crippen LogP contribution in [0.5, 0.6) is 0 Å². The molecule has 0 saturated carbocycles. The van der Waals surface area contributed by atoms with Crippen LogP contribution in [0.1, 0.15) is 0 Å². The van der Waals surface area contributed by atoms with Crippen molar-refractivity contribution in [3.05, 3.63) is 0 Å². The van der Waals surface area contributed by atoms with E-state index in [-0.39, 0.29) is 5.31 Å². The molecule has 11 heavy (non-hydrogen) atoms. The highest BCUT2D eigenvalue weighted by Crippen LogP contribution is 2.20. The lowest BCUT2D eigenvalue weighted by molar-refractivity contribution is -0.121. The van der Waals surface area contributed by atoms with Crippen molar-refractivity contribution in [1.29, 1.82) is 0 Å². The third-order valence-electron chi connectivity index (χ3n) is 1.69. The molecule has 6 N–H and O–H groups in total. The minimum absolute atomic E-state index is 0.169. The molecule has 0 bridgehead atoms. The quantitative estimate of drug-likeness (QED) is 0.239. The summed E-state index contributed by atoms with van der Waals surface area (Å²) >= 11 is 0. The van der Waals surface area contributed by atoms with Crippen molar-refractivity contribution in [2.75, 3.05) is 6.61 Å². The smallest absolute Gasteiger partial charge is 0.170 e. The molecule has 0 spiro atoms. The number of aliphatic hydroxyl groups is 5. The second-order valence-corrected chi connectivity index (χ2v) is 2.51. The Morgan fingerprint density at radius 1 is 1.45 bits per heavy atom. The summed E-state index contributed by atoms with van der Waals surface area (Å²) < 4.78 is 7.01. The van der Waals surface area contributed by atoms with Crippen LogP contribution in [0.15, 0.2) is 0 Å². The lowest BCUT2D eigenvalue weighted by Crippen LogP contribution is -2.52. The molecule has 1 fully saturated rings. The van der Waals surface area contributed by atoms with Gasteiger partial charge in [0.1, 0.15) is 19.8 Å². The molecule has 1 aliphatic rings. The molecular formula is C5H11NO5. The van der Waals surface area contributed by atoms with E-state index in [4.69, 9.17) is 21.8 Å². The molecule has 6 nitrogen and oxygen atoms in total. The predicted octanol–water partition coefficient (Wildman–Crippen LogP) is -3.69. The topological polar surface area (TPSA) is 113 Å². The van der Waals surface area contributed by atoms with Crippen molar-refractivity contribution in [2.45, 2.75) is 24.2 Å². The van der Waals surface area contributed by atoms with E-state index in [0.717, 1.165) is 0 Å². The first-order chi connectivity index (χ1) is 5.45. The highest BCUT2D eigenvalue weighted by molar-refractivity contribution is 4.98. The van der Waals surface area contributed by atoms with Crippen molar-refractivity contribution in [2.24, 2.45) is 0 Å². The number of nitrogens with one attached hydrogen (secondary N) is 1. The Bertz CT molecular complexity index is 165. The van der Waals surface area contributed by atoms with Gasteiger partial charge in [-0.1, -0.05) is 0 Å². The van der Waals surface area contributed by atoms with E-state index >= 15 is 0 Å². The first-order valence-corrected chi connectivity index (χ1v) is 3.11. The fraction of sp³-hybridized carbons (Fsp3) is 1.00. The summed E-state index contributed by atoms with van der Waals surface area (Å²) in [6, 6.07) is 0. The Labute approximate surface area is 64.2 Å². The van der Waals surface area contributed by atoms with Crippen LogP contribution >= 0.6 is 0 Å². The van der Waals surface area contributed by atoms with E-state index < -0.39 is 30.8 Å². The molecule has 0 aliphatic carbocycles. The van der Waals surface area contributed by atoms with Crippen LogP contribution in [-0.4, -0.2) is 56.3 Å². The molecule has 1 saturated heterocycles. The molecule has 1 rings (SSSR count). The molecule has 66 valence electrons. The number of aliphatic hydroxyl groups excluding tert-OH is 4. The molecule has 0 aromatic heterocycles. The molecule has 4 atom stereocenters. The highest BCUT2D eigenvalue weighted by Gasteiger charge is 2.50. The molecule has 0 aromatic rings. The lowest BCUT2D eigenvalue weighted by atomic mass is 10.1. The first kappa shape index (κ1) is 7.41. The zero-order chi connectivity index (χ0) is 9.52. The van der Waals surface area contributed by atoms with Gasteiger partial charge in [0.25, 0.3) is 0 Å². The van der Waals surface area contributed by atoms with Crippen molar-refractivity contribution >= 4 is 0 Å². The molecule has 1 heterocycles. The van der Waals surface area contributed by atoms with Crippen LogP contribution in [0.3, 0.4) is 0 Å². The summed E-state index contributed by atoms with van der Waals surface area (Å²) in [6.07, 6.45) is -5.10. The van der Waals surface area contributed by atoms with Crippen LogP contribution in [0.25, 0.3) is 0 Å². The van der Waals surface area contributed by atoms with Crippen LogP contribution in [0, 0.1) is 0 Å². The summed E-state index contributed by atoms with van der Waals surface area (Å²) in [7, 11) is 0. The van der Waals surface area contributed by atoms with Crippen molar-refractivity contribution < 1.29 is 26.9 Å². The second kappa shape index (κ2) is 2.67. The van der Waals surface area contributed by atoms with Gasteiger partial charge in [0.05, 0.1) is 6.61 Å². The van der Waals surface area contributed by atoms with Gasteiger partial charge >= 0.3 is 0 Å². The SMILES string of the molecule is [2H]N1C(O)[C@@H](O)[C@H](O)C1(O)CO. The monoisotopic (exact) mass is 166 g/mol. The average Bonchev–Trinajstić information content (AvgIpc) is 2.22. The molecule has 2 unspecified atom stereocenters. The fourth-order valence-corrected chi connectivity index (χ4v) is 0.953. The Balaban J connectivity index is 2.90. The molecule has 0 aromatic carbocycles. The number of hydrogen-bond donors (Lipinski definition) is 6. The highest BCUT2D eigenvalue weighted by atomic mass is 16.4. The van der Waals surface area contributed by atoms with Crippen LogP contribution < -0.4 is 5.31 Å². The summed E-state index contributed by atoms with van der Waals surface area (Å²) in [4.78, 5) is 0. The molecule has 6 heteroatoms. The van der Waals surface area contributed by atoms with Gasteiger partial charge in [-0.3, -0.25) is 5.31 Å². The normalized spacial score (nSPS) is 54.6. The Kier molecular flexibility index (Phi) is 1.80. The minimum atomic E-state index is -2.29. The van der Waals surface area contributed by atoms with E-state index in [1.807, 2.05) is 0 Å². The van der Waals surface area contributed by atoms with E-state index in [1.54, 1.807) is 0 Å². The van der Waals surface area contributed by atoms with Crippen molar-refractivity contribution in [3.8, 4) is 0 Å². The van der Waals surface area contributed by atoms with Gasteiger partial charge in [-0.15, -0.1) is 0 Å². The molecule has 1 aliphatic heterocycles. The third-order valence-corrected chi connectivity index (χ3v) is 1.69. The summed E-state index contributed by atoms with van der Waals surface area (Å²) in [5.74, 6) is 0. The van der Waals surface area contributed by atoms with Crippen LogP contribution in [-0.2, 0) is 0 Å². The average molecular weight is 166 g/mol. The molecule has 0 radical (unpaired) electrons. The summed E-state index contributed by atoms with van der Waals surface area (Å²) in [6.45, 7) is -0.939. The number of rotatable bonds is 1. The standard InChI is InChI=1S/C5H11NO5/c7-1-5(11)3(9)2(8)4(10)6-5/h2-4,6-11H,1H2/t2-,3-,4?,5?/m0/s1/i/hD. The van der Waals surface area contributed by atoms with E-state index in [9.17, 15) is 5.11 Å². The van der Waals surface area contributed by atoms with Gasteiger partial charge in [0, 0.05) is 0 Å². The first-order valence-electron chi connectivity index (χ1n) is 3.55. The maximum Gasteiger partial charge on any atom is 0.170 e. The van der Waals surface area contributed by atoms with Gasteiger partial charge in [0.2, 0.25) is 0 Å². The van der Waals surface area contributed by atoms with E-state index in [1.165, 1.54) is 0 Å². The molecular weight excluding hydrogens is 154 g/mol. The van der Waals surface area contributed by atoms with Crippen LogP contribution in [0.2, 0.25) is 1.41 Å². The van der Waals surface area contributed by atoms with Crippen LogP contribution in [0.4, 0.5) is 0 Å². The van der Waals surface area contributed by atoms with Gasteiger partial charge < -0.3 is 25.5 Å². The predicted molar refractivity (Wildman–Crippen MR) is 33.2 cm³/mol.